The van der Waals surface area contributed by atoms with E-state index >= 15 is 0 Å². The van der Waals surface area contributed by atoms with Crippen LogP contribution in [0.3, 0.4) is 0 Å². The molecule has 1 aromatic carbocycles. The second-order valence-corrected chi connectivity index (χ2v) is 10.9. The SMILES string of the molecule is C=C(CCC)S/C(C#N)=C(/C)CCC.C\C=C(C(/C(C)=N/C=C/CC)=C(/C)N1CCNCC1)\c1ccccc1F. The quantitative estimate of drug-likeness (QED) is 0.156. The van der Waals surface area contributed by atoms with Gasteiger partial charge in [-0.25, -0.2) is 4.39 Å². The molecule has 218 valence electrons. The summed E-state index contributed by atoms with van der Waals surface area (Å²) in [5, 5.41) is 12.4. The summed E-state index contributed by atoms with van der Waals surface area (Å²) in [6.07, 6.45) is 11.0. The highest BCUT2D eigenvalue weighted by Gasteiger charge is 2.20. The van der Waals surface area contributed by atoms with Crippen molar-refractivity contribution in [1.82, 2.24) is 10.2 Å². The van der Waals surface area contributed by atoms with Gasteiger partial charge < -0.3 is 10.2 Å². The van der Waals surface area contributed by atoms with Crippen LogP contribution >= 0.6 is 11.8 Å². The fourth-order valence-corrected chi connectivity index (χ4v) is 5.34. The van der Waals surface area contributed by atoms with E-state index in [-0.39, 0.29) is 5.82 Å². The lowest BCUT2D eigenvalue weighted by atomic mass is 9.92. The van der Waals surface area contributed by atoms with Crippen molar-refractivity contribution in [3.63, 3.8) is 0 Å². The molecule has 0 bridgehead atoms. The van der Waals surface area contributed by atoms with Crippen molar-refractivity contribution in [2.24, 2.45) is 4.99 Å². The van der Waals surface area contributed by atoms with Crippen molar-refractivity contribution < 1.29 is 4.39 Å². The number of thioether (sulfide) groups is 1. The number of piperazine rings is 1. The molecule has 0 atom stereocenters. The summed E-state index contributed by atoms with van der Waals surface area (Å²) in [5.41, 5.74) is 5.77. The summed E-state index contributed by atoms with van der Waals surface area (Å²) in [5.74, 6) is -0.205. The van der Waals surface area contributed by atoms with E-state index in [9.17, 15) is 4.39 Å². The van der Waals surface area contributed by atoms with Gasteiger partial charge in [-0.05, 0) is 69.1 Å². The number of allylic oxidation sites excluding steroid dienone is 8. The summed E-state index contributed by atoms with van der Waals surface area (Å²) in [7, 11) is 0. The molecule has 1 N–H and O–H groups in total. The molecule has 0 unspecified atom stereocenters. The first kappa shape index (κ1) is 35.1. The molecule has 0 saturated carbocycles. The Bertz CT molecular complexity index is 1140. The first-order valence-electron chi connectivity index (χ1n) is 14.5. The molecule has 4 nitrogen and oxygen atoms in total. The van der Waals surface area contributed by atoms with Gasteiger partial charge in [-0.2, -0.15) is 5.26 Å². The van der Waals surface area contributed by atoms with Crippen LogP contribution in [0.15, 0.2) is 80.8 Å². The van der Waals surface area contributed by atoms with Gasteiger partial charge in [-0.3, -0.25) is 4.99 Å². The Balaban J connectivity index is 0.000000486. The Morgan fingerprint density at radius 2 is 1.77 bits per heavy atom. The third-order valence-electron chi connectivity index (χ3n) is 6.54. The van der Waals surface area contributed by atoms with Crippen LogP contribution in [0.25, 0.3) is 5.57 Å². The van der Waals surface area contributed by atoms with Gasteiger partial charge in [0.1, 0.15) is 11.9 Å². The number of nitrogens with zero attached hydrogens (tertiary/aromatic N) is 3. The molecule has 1 aliphatic rings. The standard InChI is InChI=1S/C22H30FN3.C12H19NS/c1-5-7-12-25-17(3)22(18(4)26-15-13-24-14-16-26)19(6-2)20-10-8-9-11-21(20)23;1-5-7-10(3)12(9-13)14-11(4)8-6-2/h6-12,24H,5,13-16H2,1-4H3;4-8H2,1-3H3/b12-7+,19-6-,22-18-,25-17+;12-10-. The normalized spacial score (nSPS) is 15.6. The largest absolute Gasteiger partial charge is 0.372 e. The van der Waals surface area contributed by atoms with Crippen LogP contribution in [0.4, 0.5) is 4.39 Å². The highest BCUT2D eigenvalue weighted by atomic mass is 32.2. The first-order valence-corrected chi connectivity index (χ1v) is 15.3. The molecule has 1 fully saturated rings. The van der Waals surface area contributed by atoms with Crippen molar-refractivity contribution in [2.45, 2.75) is 80.6 Å². The average Bonchev–Trinajstić information content (AvgIpc) is 2.96. The van der Waals surface area contributed by atoms with Crippen molar-refractivity contribution >= 4 is 23.0 Å². The molecule has 0 amide bonds. The summed E-state index contributed by atoms with van der Waals surface area (Å²) in [6.45, 7) is 22.2. The predicted molar refractivity (Wildman–Crippen MR) is 175 cm³/mol. The van der Waals surface area contributed by atoms with Gasteiger partial charge in [0.2, 0.25) is 0 Å². The number of benzene rings is 1. The molecule has 0 aliphatic carbocycles. The number of hydrogen-bond acceptors (Lipinski definition) is 5. The molecule has 0 aromatic heterocycles. The molecule has 2 rings (SSSR count). The minimum atomic E-state index is -0.205. The Morgan fingerprint density at radius 3 is 2.33 bits per heavy atom. The molecule has 1 aromatic rings. The number of rotatable bonds is 12. The van der Waals surface area contributed by atoms with Crippen molar-refractivity contribution in [3.8, 4) is 6.07 Å². The zero-order chi connectivity index (χ0) is 29.9. The van der Waals surface area contributed by atoms with Gasteiger partial charge in [-0.15, -0.1) is 0 Å². The Morgan fingerprint density at radius 1 is 1.12 bits per heavy atom. The predicted octanol–water partition coefficient (Wildman–Crippen LogP) is 9.42. The van der Waals surface area contributed by atoms with Gasteiger partial charge in [0.15, 0.2) is 0 Å². The van der Waals surface area contributed by atoms with Crippen molar-refractivity contribution in [3.05, 3.63) is 87.2 Å². The maximum atomic E-state index is 14.5. The fraction of sp³-hybridized carbons (Fsp3) is 0.471. The summed E-state index contributed by atoms with van der Waals surface area (Å²) in [4.78, 5) is 8.92. The fourth-order valence-electron chi connectivity index (χ4n) is 4.43. The van der Waals surface area contributed by atoms with Crippen LogP contribution in [0.1, 0.15) is 86.1 Å². The maximum absolute atomic E-state index is 14.5. The lowest BCUT2D eigenvalue weighted by Gasteiger charge is -2.32. The van der Waals surface area contributed by atoms with Crippen LogP contribution in [-0.4, -0.2) is 36.8 Å². The van der Waals surface area contributed by atoms with E-state index in [2.05, 4.69) is 55.6 Å². The van der Waals surface area contributed by atoms with E-state index in [0.29, 0.717) is 5.56 Å². The lowest BCUT2D eigenvalue weighted by molar-refractivity contribution is 0.299. The molecule has 1 saturated heterocycles. The van der Waals surface area contributed by atoms with Crippen LogP contribution < -0.4 is 5.32 Å². The first-order chi connectivity index (χ1) is 19.2. The molecule has 1 heterocycles. The molecule has 40 heavy (non-hydrogen) atoms. The minimum absolute atomic E-state index is 0.205. The number of halogens is 1. The Labute approximate surface area is 247 Å². The highest BCUT2D eigenvalue weighted by molar-refractivity contribution is 8.07. The maximum Gasteiger partial charge on any atom is 0.131 e. The zero-order valence-electron chi connectivity index (χ0n) is 25.7. The Kier molecular flexibility index (Phi) is 17.6. The van der Waals surface area contributed by atoms with Gasteiger partial charge in [0, 0.05) is 54.9 Å². The van der Waals surface area contributed by atoms with Crippen molar-refractivity contribution in [1.29, 1.82) is 5.26 Å². The monoisotopic (exact) mass is 564 g/mol. The molecule has 0 radical (unpaired) electrons. The van der Waals surface area contributed by atoms with E-state index in [1.807, 2.05) is 51.3 Å². The third-order valence-corrected chi connectivity index (χ3v) is 7.67. The average molecular weight is 565 g/mol. The van der Waals surface area contributed by atoms with E-state index in [1.165, 1.54) is 11.6 Å². The van der Waals surface area contributed by atoms with Gasteiger partial charge in [0.25, 0.3) is 0 Å². The van der Waals surface area contributed by atoms with Crippen LogP contribution in [0.5, 0.6) is 0 Å². The second-order valence-electron chi connectivity index (χ2n) is 9.75. The minimum Gasteiger partial charge on any atom is -0.372 e. The van der Waals surface area contributed by atoms with Gasteiger partial charge >= 0.3 is 0 Å². The second kappa shape index (κ2) is 20.1. The van der Waals surface area contributed by atoms with Gasteiger partial charge in [-0.1, -0.05) is 82.3 Å². The topological polar surface area (TPSA) is 51.4 Å². The highest BCUT2D eigenvalue weighted by Crippen LogP contribution is 2.31. The van der Waals surface area contributed by atoms with Gasteiger partial charge in [0.05, 0.1) is 4.91 Å². The summed E-state index contributed by atoms with van der Waals surface area (Å²) in [6, 6.07) is 9.21. The van der Waals surface area contributed by atoms with E-state index < -0.39 is 0 Å². The van der Waals surface area contributed by atoms with Crippen LogP contribution in [-0.2, 0) is 0 Å². The molecular formula is C34H49FN4S. The molecule has 1 aliphatic heterocycles. The number of nitriles is 1. The zero-order valence-corrected chi connectivity index (χ0v) is 26.6. The summed E-state index contributed by atoms with van der Waals surface area (Å²) >= 11 is 1.54. The molecule has 0 spiro atoms. The van der Waals surface area contributed by atoms with Crippen LogP contribution in [0.2, 0.25) is 0 Å². The number of hydrogen-bond donors (Lipinski definition) is 1. The van der Waals surface area contributed by atoms with E-state index in [1.54, 1.807) is 17.8 Å². The van der Waals surface area contributed by atoms with E-state index in [4.69, 9.17) is 5.26 Å². The number of aliphatic imine (C=N–C) groups is 1. The third kappa shape index (κ3) is 11.7. The molecule has 6 heteroatoms. The summed E-state index contributed by atoms with van der Waals surface area (Å²) < 4.78 is 14.5. The van der Waals surface area contributed by atoms with Crippen LogP contribution in [0, 0.1) is 17.1 Å². The van der Waals surface area contributed by atoms with Crippen molar-refractivity contribution in [2.75, 3.05) is 26.2 Å². The van der Waals surface area contributed by atoms with E-state index in [0.717, 1.165) is 90.6 Å². The molecular weight excluding hydrogens is 515 g/mol. The Hall–Kier alpha value is -2.88. The lowest BCUT2D eigenvalue weighted by Crippen LogP contribution is -2.43. The smallest absolute Gasteiger partial charge is 0.131 e. The number of nitrogens with one attached hydrogen (secondary N) is 1.